The lowest BCUT2D eigenvalue weighted by molar-refractivity contribution is -0.0333. The molecule has 0 aliphatic rings. The van der Waals surface area contributed by atoms with Crippen LogP contribution in [0.25, 0.3) is 0 Å². The maximum atomic E-state index is 10.0. The lowest BCUT2D eigenvalue weighted by atomic mass is 10.1. The summed E-state index contributed by atoms with van der Waals surface area (Å²) in [5, 5.41) is 10.0. The second-order valence-electron chi connectivity index (χ2n) is 5.06. The Bertz CT molecular complexity index is 375. The summed E-state index contributed by atoms with van der Waals surface area (Å²) in [6.07, 6.45) is 5.06. The van der Waals surface area contributed by atoms with Crippen LogP contribution in [0, 0.1) is 0 Å². The predicted octanol–water partition coefficient (Wildman–Crippen LogP) is 3.32. The Hall–Kier alpha value is -1.16. The van der Waals surface area contributed by atoms with Crippen LogP contribution in [0.1, 0.15) is 32.3 Å². The topological polar surface area (TPSA) is 38.7 Å². The molecule has 0 unspecified atom stereocenters. The van der Waals surface area contributed by atoms with Crippen LogP contribution < -0.4 is 0 Å². The van der Waals surface area contributed by atoms with E-state index < -0.39 is 6.10 Å². The van der Waals surface area contributed by atoms with Crippen LogP contribution in [-0.4, -0.2) is 30.5 Å². The fraction of sp³-hybridized carbons (Fsp3) is 0.529. The summed E-state index contributed by atoms with van der Waals surface area (Å²) < 4.78 is 10.8. The van der Waals surface area contributed by atoms with Crippen LogP contribution >= 0.6 is 0 Å². The molecule has 0 aliphatic heterocycles. The summed E-state index contributed by atoms with van der Waals surface area (Å²) in [7, 11) is 1.70. The van der Waals surface area contributed by atoms with E-state index in [9.17, 15) is 5.11 Å². The van der Waals surface area contributed by atoms with Crippen molar-refractivity contribution in [1.82, 2.24) is 0 Å². The van der Waals surface area contributed by atoms with E-state index in [1.165, 1.54) is 0 Å². The number of aliphatic hydroxyl groups is 1. The van der Waals surface area contributed by atoms with Gasteiger partial charge in [-0.05, 0) is 32.3 Å². The molecule has 0 heterocycles. The number of rotatable bonds is 9. The highest BCUT2D eigenvalue weighted by molar-refractivity contribution is 5.13. The van der Waals surface area contributed by atoms with E-state index in [-0.39, 0.29) is 12.2 Å². The molecule has 3 heteroatoms. The molecule has 1 aromatic carbocycles. The highest BCUT2D eigenvalue weighted by atomic mass is 16.5. The molecule has 0 saturated heterocycles. The van der Waals surface area contributed by atoms with Gasteiger partial charge in [0.05, 0.1) is 24.9 Å². The number of ether oxygens (including phenoxy) is 2. The second-order valence-corrected chi connectivity index (χ2v) is 5.06. The molecule has 0 aromatic heterocycles. The van der Waals surface area contributed by atoms with E-state index >= 15 is 0 Å². The average Bonchev–Trinajstić information content (AvgIpc) is 2.49. The molecular weight excluding hydrogens is 252 g/mol. The van der Waals surface area contributed by atoms with Crippen LogP contribution in [0.5, 0.6) is 0 Å². The van der Waals surface area contributed by atoms with Crippen LogP contribution in [0.2, 0.25) is 0 Å². The molecule has 0 spiro atoms. The lowest BCUT2D eigenvalue weighted by Crippen LogP contribution is -2.25. The van der Waals surface area contributed by atoms with Crippen molar-refractivity contribution in [2.24, 2.45) is 0 Å². The van der Waals surface area contributed by atoms with Crippen LogP contribution in [0.3, 0.4) is 0 Å². The minimum Gasteiger partial charge on any atom is -0.390 e. The van der Waals surface area contributed by atoms with Gasteiger partial charge < -0.3 is 14.6 Å². The molecule has 0 fully saturated rings. The van der Waals surface area contributed by atoms with Crippen molar-refractivity contribution in [2.45, 2.75) is 51.6 Å². The average molecular weight is 278 g/mol. The first-order valence-electron chi connectivity index (χ1n) is 7.15. The van der Waals surface area contributed by atoms with Gasteiger partial charge in [0.1, 0.15) is 0 Å². The van der Waals surface area contributed by atoms with Gasteiger partial charge in [0.15, 0.2) is 0 Å². The molecule has 0 amide bonds. The quantitative estimate of drug-likeness (QED) is 0.704. The minimum absolute atomic E-state index is 0.181. The Kier molecular flexibility index (Phi) is 8.19. The highest BCUT2D eigenvalue weighted by Crippen LogP contribution is 2.09. The number of hydrogen-bond acceptors (Lipinski definition) is 3. The minimum atomic E-state index is -0.479. The van der Waals surface area contributed by atoms with E-state index in [2.05, 4.69) is 0 Å². The molecular formula is C17H26O3. The molecule has 3 atom stereocenters. The maximum absolute atomic E-state index is 10.0. The molecule has 1 rings (SSSR count). The molecule has 1 N–H and O–H groups in total. The number of aliphatic hydroxyl groups excluding tert-OH is 1. The molecule has 1 aromatic rings. The van der Waals surface area contributed by atoms with Crippen molar-refractivity contribution in [1.29, 1.82) is 0 Å². The van der Waals surface area contributed by atoms with E-state index in [4.69, 9.17) is 9.47 Å². The van der Waals surface area contributed by atoms with Gasteiger partial charge in [-0.2, -0.15) is 0 Å². The first-order chi connectivity index (χ1) is 9.63. The summed E-state index contributed by atoms with van der Waals surface area (Å²) in [6, 6.07) is 9.99. The summed E-state index contributed by atoms with van der Waals surface area (Å²) in [6.45, 7) is 4.45. The first-order valence-corrected chi connectivity index (χ1v) is 7.15. The molecule has 0 saturated carbocycles. The smallest absolute Gasteiger partial charge is 0.0833 e. The number of methoxy groups -OCH3 is 1. The largest absolute Gasteiger partial charge is 0.390 e. The second kappa shape index (κ2) is 9.70. The maximum Gasteiger partial charge on any atom is 0.0833 e. The Balaban J connectivity index is 2.23. The number of hydrogen-bond donors (Lipinski definition) is 1. The fourth-order valence-electron chi connectivity index (χ4n) is 1.72. The molecule has 20 heavy (non-hydrogen) atoms. The van der Waals surface area contributed by atoms with Gasteiger partial charge in [0, 0.05) is 7.11 Å². The molecule has 112 valence electrons. The molecule has 0 aliphatic carbocycles. The molecule has 0 bridgehead atoms. The van der Waals surface area contributed by atoms with Gasteiger partial charge in [-0.1, -0.05) is 42.5 Å². The van der Waals surface area contributed by atoms with Crippen molar-refractivity contribution < 1.29 is 14.6 Å². The normalized spacial score (nSPS) is 16.2. The standard InChI is InChI=1S/C17H26O3/c1-14(19-3)9-7-8-12-17(18)15(2)20-13-16-10-5-4-6-11-16/h4-8,10-11,14-15,17-18H,9,12-13H2,1-3H3/b8-7-/t14-,15-,17-/m1/s1. The highest BCUT2D eigenvalue weighted by Gasteiger charge is 2.13. The van der Waals surface area contributed by atoms with Gasteiger partial charge in [-0.3, -0.25) is 0 Å². The van der Waals surface area contributed by atoms with Gasteiger partial charge >= 0.3 is 0 Å². The Morgan fingerprint density at radius 2 is 1.75 bits per heavy atom. The monoisotopic (exact) mass is 278 g/mol. The zero-order chi connectivity index (χ0) is 14.8. The summed E-state index contributed by atoms with van der Waals surface area (Å²) in [4.78, 5) is 0. The zero-order valence-corrected chi connectivity index (χ0v) is 12.7. The third-order valence-electron chi connectivity index (χ3n) is 3.31. The molecule has 0 radical (unpaired) electrons. The lowest BCUT2D eigenvalue weighted by Gasteiger charge is -2.18. The third-order valence-corrected chi connectivity index (χ3v) is 3.31. The van der Waals surface area contributed by atoms with Crippen molar-refractivity contribution in [2.75, 3.05) is 7.11 Å². The first kappa shape index (κ1) is 16.9. The Morgan fingerprint density at radius 1 is 1.10 bits per heavy atom. The van der Waals surface area contributed by atoms with Gasteiger partial charge in [-0.25, -0.2) is 0 Å². The van der Waals surface area contributed by atoms with Crippen molar-refractivity contribution >= 4 is 0 Å². The fourth-order valence-corrected chi connectivity index (χ4v) is 1.72. The number of benzene rings is 1. The third kappa shape index (κ3) is 6.85. The van der Waals surface area contributed by atoms with Crippen LogP contribution in [-0.2, 0) is 16.1 Å². The van der Waals surface area contributed by atoms with Crippen molar-refractivity contribution in [3.63, 3.8) is 0 Å². The SMILES string of the molecule is CO[C@H](C)C/C=C\C[C@@H](O)[C@@H](C)OCc1ccccc1. The van der Waals surface area contributed by atoms with Gasteiger partial charge in [0.25, 0.3) is 0 Å². The van der Waals surface area contributed by atoms with E-state index in [0.717, 1.165) is 12.0 Å². The van der Waals surface area contributed by atoms with E-state index in [1.807, 2.05) is 56.3 Å². The summed E-state index contributed by atoms with van der Waals surface area (Å²) >= 11 is 0. The summed E-state index contributed by atoms with van der Waals surface area (Å²) in [5.74, 6) is 0. The van der Waals surface area contributed by atoms with Crippen LogP contribution in [0.4, 0.5) is 0 Å². The zero-order valence-electron chi connectivity index (χ0n) is 12.7. The van der Waals surface area contributed by atoms with Crippen molar-refractivity contribution in [3.05, 3.63) is 48.0 Å². The Morgan fingerprint density at radius 3 is 2.40 bits per heavy atom. The van der Waals surface area contributed by atoms with E-state index in [1.54, 1.807) is 7.11 Å². The van der Waals surface area contributed by atoms with Gasteiger partial charge in [-0.15, -0.1) is 0 Å². The van der Waals surface area contributed by atoms with E-state index in [0.29, 0.717) is 13.0 Å². The molecule has 3 nitrogen and oxygen atoms in total. The van der Waals surface area contributed by atoms with Crippen LogP contribution in [0.15, 0.2) is 42.5 Å². The Labute approximate surface area is 122 Å². The summed E-state index contributed by atoms with van der Waals surface area (Å²) in [5.41, 5.74) is 1.12. The van der Waals surface area contributed by atoms with Crippen molar-refractivity contribution in [3.8, 4) is 0 Å². The van der Waals surface area contributed by atoms with Gasteiger partial charge in [0.2, 0.25) is 0 Å². The predicted molar refractivity (Wildman–Crippen MR) is 81.5 cm³/mol.